The molecular formula is C14H23NO4. The summed E-state index contributed by atoms with van der Waals surface area (Å²) in [6.45, 7) is 3.93. The minimum absolute atomic E-state index is 0.0180. The lowest BCUT2D eigenvalue weighted by Gasteiger charge is -2.26. The van der Waals surface area contributed by atoms with Crippen LogP contribution in [-0.2, 0) is 9.47 Å². The lowest BCUT2D eigenvalue weighted by molar-refractivity contribution is -0.120. The van der Waals surface area contributed by atoms with E-state index in [1.54, 1.807) is 33.5 Å². The van der Waals surface area contributed by atoms with Gasteiger partial charge in [0.1, 0.15) is 11.5 Å². The Balaban J connectivity index is 2.79. The second-order valence-corrected chi connectivity index (χ2v) is 4.44. The second-order valence-electron chi connectivity index (χ2n) is 4.44. The molecule has 0 saturated heterocycles. The Morgan fingerprint density at radius 2 is 1.74 bits per heavy atom. The molecule has 1 aromatic rings. The molecule has 108 valence electrons. The molecule has 0 fully saturated rings. The van der Waals surface area contributed by atoms with Crippen LogP contribution in [0.4, 0.5) is 0 Å². The van der Waals surface area contributed by atoms with Gasteiger partial charge in [-0.15, -0.1) is 0 Å². The molecule has 1 aromatic carbocycles. The largest absolute Gasteiger partial charge is 0.508 e. The maximum Gasteiger partial charge on any atom is 0.171 e. The number of ether oxygens (including phenoxy) is 3. The highest BCUT2D eigenvalue weighted by Crippen LogP contribution is 2.28. The van der Waals surface area contributed by atoms with Gasteiger partial charge in [0.2, 0.25) is 0 Å². The summed E-state index contributed by atoms with van der Waals surface area (Å²) in [5, 5.41) is 13.2. The van der Waals surface area contributed by atoms with E-state index in [-0.39, 0.29) is 24.1 Å². The number of methoxy groups -OCH3 is 3. The average molecular weight is 269 g/mol. The molecule has 2 N–H and O–H groups in total. The molecule has 0 aromatic heterocycles. The van der Waals surface area contributed by atoms with E-state index in [1.807, 2.05) is 19.9 Å². The molecular weight excluding hydrogens is 246 g/mol. The van der Waals surface area contributed by atoms with Gasteiger partial charge < -0.3 is 24.6 Å². The minimum atomic E-state index is -0.338. The molecule has 0 aliphatic carbocycles. The number of phenols is 1. The third-order valence-electron chi connectivity index (χ3n) is 3.09. The highest BCUT2D eigenvalue weighted by molar-refractivity contribution is 5.41. The topological polar surface area (TPSA) is 60.0 Å². The summed E-state index contributed by atoms with van der Waals surface area (Å²) >= 11 is 0. The van der Waals surface area contributed by atoms with Crippen LogP contribution in [0.1, 0.15) is 25.5 Å². The molecule has 0 heterocycles. The van der Waals surface area contributed by atoms with Crippen LogP contribution in [0.5, 0.6) is 11.5 Å². The summed E-state index contributed by atoms with van der Waals surface area (Å²) in [6, 6.07) is 5.09. The van der Waals surface area contributed by atoms with E-state index in [1.165, 1.54) is 0 Å². The van der Waals surface area contributed by atoms with Gasteiger partial charge >= 0.3 is 0 Å². The molecule has 0 bridgehead atoms. The van der Waals surface area contributed by atoms with Crippen LogP contribution in [0.15, 0.2) is 18.2 Å². The number of phenolic OH excluding ortho intramolecular Hbond substituents is 1. The Hall–Kier alpha value is -1.30. The lowest BCUT2D eigenvalue weighted by atomic mass is 10.1. The smallest absolute Gasteiger partial charge is 0.171 e. The van der Waals surface area contributed by atoms with Crippen LogP contribution in [-0.4, -0.2) is 38.8 Å². The Labute approximate surface area is 114 Å². The Morgan fingerprint density at radius 1 is 1.11 bits per heavy atom. The van der Waals surface area contributed by atoms with Gasteiger partial charge in [-0.3, -0.25) is 0 Å². The number of benzene rings is 1. The summed E-state index contributed by atoms with van der Waals surface area (Å²) in [5.41, 5.74) is 0.775. The molecule has 19 heavy (non-hydrogen) atoms. The quantitative estimate of drug-likeness (QED) is 0.742. The molecule has 0 spiro atoms. The molecule has 5 heteroatoms. The van der Waals surface area contributed by atoms with Crippen molar-refractivity contribution in [2.24, 2.45) is 0 Å². The van der Waals surface area contributed by atoms with Crippen molar-refractivity contribution in [2.75, 3.05) is 21.3 Å². The minimum Gasteiger partial charge on any atom is -0.508 e. The van der Waals surface area contributed by atoms with E-state index in [4.69, 9.17) is 14.2 Å². The zero-order valence-electron chi connectivity index (χ0n) is 12.1. The van der Waals surface area contributed by atoms with Crippen molar-refractivity contribution in [3.05, 3.63) is 23.8 Å². The number of hydrogen-bond acceptors (Lipinski definition) is 5. The van der Waals surface area contributed by atoms with Crippen LogP contribution in [0, 0.1) is 0 Å². The monoisotopic (exact) mass is 269 g/mol. The van der Waals surface area contributed by atoms with Crippen LogP contribution >= 0.6 is 0 Å². The van der Waals surface area contributed by atoms with Crippen molar-refractivity contribution in [1.29, 1.82) is 0 Å². The van der Waals surface area contributed by atoms with Gasteiger partial charge in [0, 0.05) is 25.8 Å². The first-order valence-electron chi connectivity index (χ1n) is 6.22. The third kappa shape index (κ3) is 4.09. The highest BCUT2D eigenvalue weighted by Gasteiger charge is 2.20. The number of aromatic hydroxyl groups is 1. The molecule has 0 radical (unpaired) electrons. The van der Waals surface area contributed by atoms with Crippen molar-refractivity contribution < 1.29 is 19.3 Å². The third-order valence-corrected chi connectivity index (χ3v) is 3.09. The first kappa shape index (κ1) is 15.8. The fraction of sp³-hybridized carbons (Fsp3) is 0.571. The predicted molar refractivity (Wildman–Crippen MR) is 73.5 cm³/mol. The van der Waals surface area contributed by atoms with Crippen molar-refractivity contribution in [3.8, 4) is 11.5 Å². The van der Waals surface area contributed by atoms with E-state index in [0.717, 1.165) is 5.56 Å². The van der Waals surface area contributed by atoms with E-state index in [2.05, 4.69) is 5.32 Å². The van der Waals surface area contributed by atoms with Crippen LogP contribution < -0.4 is 10.1 Å². The van der Waals surface area contributed by atoms with Gasteiger partial charge in [0.15, 0.2) is 6.29 Å². The fourth-order valence-electron chi connectivity index (χ4n) is 2.07. The van der Waals surface area contributed by atoms with Gasteiger partial charge in [-0.05, 0) is 32.0 Å². The summed E-state index contributed by atoms with van der Waals surface area (Å²) in [6.07, 6.45) is -0.338. The summed E-state index contributed by atoms with van der Waals surface area (Å²) in [4.78, 5) is 0. The number of hydrogen-bond donors (Lipinski definition) is 2. The van der Waals surface area contributed by atoms with Crippen molar-refractivity contribution in [2.45, 2.75) is 32.2 Å². The maximum atomic E-state index is 9.91. The predicted octanol–water partition coefficient (Wildman–Crippen LogP) is 2.06. The summed E-state index contributed by atoms with van der Waals surface area (Å²) in [5.74, 6) is 0.948. The SMILES string of the molecule is COc1ccc(O)c(C(C)NC(C)C(OC)OC)c1. The van der Waals surface area contributed by atoms with E-state index in [9.17, 15) is 5.11 Å². The first-order chi connectivity index (χ1) is 9.03. The fourth-order valence-corrected chi connectivity index (χ4v) is 2.07. The van der Waals surface area contributed by atoms with Gasteiger partial charge in [-0.2, -0.15) is 0 Å². The molecule has 0 saturated carbocycles. The van der Waals surface area contributed by atoms with Crippen molar-refractivity contribution in [3.63, 3.8) is 0 Å². The van der Waals surface area contributed by atoms with Crippen LogP contribution in [0.25, 0.3) is 0 Å². The number of rotatable bonds is 7. The lowest BCUT2D eigenvalue weighted by Crippen LogP contribution is -2.40. The molecule has 0 aliphatic rings. The average Bonchev–Trinajstić information content (AvgIpc) is 2.40. The van der Waals surface area contributed by atoms with Crippen LogP contribution in [0.3, 0.4) is 0 Å². The van der Waals surface area contributed by atoms with Crippen LogP contribution in [0.2, 0.25) is 0 Å². The van der Waals surface area contributed by atoms with Crippen molar-refractivity contribution in [1.82, 2.24) is 5.32 Å². The maximum absolute atomic E-state index is 9.91. The Bertz CT molecular complexity index is 393. The molecule has 2 atom stereocenters. The van der Waals surface area contributed by atoms with Gasteiger partial charge in [-0.1, -0.05) is 0 Å². The molecule has 2 unspecified atom stereocenters. The standard InChI is InChI=1S/C14H23NO4/c1-9(15-10(2)14(18-4)19-5)12-8-11(17-3)6-7-13(12)16/h6-10,14-16H,1-5H3. The second kappa shape index (κ2) is 7.33. The summed E-state index contributed by atoms with van der Waals surface area (Å²) in [7, 11) is 4.79. The van der Waals surface area contributed by atoms with Crippen molar-refractivity contribution >= 4 is 0 Å². The van der Waals surface area contributed by atoms with Gasteiger partial charge in [0.05, 0.1) is 13.2 Å². The normalized spacial score (nSPS) is 14.4. The highest BCUT2D eigenvalue weighted by atomic mass is 16.7. The van der Waals surface area contributed by atoms with E-state index < -0.39 is 0 Å². The molecule has 0 amide bonds. The zero-order chi connectivity index (χ0) is 14.4. The molecule has 1 rings (SSSR count). The molecule has 0 aliphatic heterocycles. The summed E-state index contributed by atoms with van der Waals surface area (Å²) < 4.78 is 15.6. The van der Waals surface area contributed by atoms with Gasteiger partial charge in [-0.25, -0.2) is 0 Å². The Morgan fingerprint density at radius 3 is 2.26 bits per heavy atom. The molecule has 5 nitrogen and oxygen atoms in total. The first-order valence-corrected chi connectivity index (χ1v) is 6.22. The zero-order valence-corrected chi connectivity index (χ0v) is 12.1. The van der Waals surface area contributed by atoms with E-state index >= 15 is 0 Å². The number of nitrogens with one attached hydrogen (secondary N) is 1. The van der Waals surface area contributed by atoms with E-state index in [0.29, 0.717) is 5.75 Å². The Kier molecular flexibility index (Phi) is 6.08. The van der Waals surface area contributed by atoms with Gasteiger partial charge in [0.25, 0.3) is 0 Å².